The van der Waals surface area contributed by atoms with Gasteiger partial charge in [0.2, 0.25) is 0 Å². The van der Waals surface area contributed by atoms with Gasteiger partial charge < -0.3 is 14.8 Å². The lowest BCUT2D eigenvalue weighted by atomic mass is 10.1. The third-order valence-corrected chi connectivity index (χ3v) is 3.38. The lowest BCUT2D eigenvalue weighted by Gasteiger charge is -2.08. The highest BCUT2D eigenvalue weighted by Crippen LogP contribution is 2.23. The summed E-state index contributed by atoms with van der Waals surface area (Å²) in [7, 11) is 3.09. The van der Waals surface area contributed by atoms with Crippen LogP contribution < -0.4 is 14.8 Å². The van der Waals surface area contributed by atoms with Crippen LogP contribution in [0.4, 0.5) is 5.69 Å². The predicted molar refractivity (Wildman–Crippen MR) is 92.9 cm³/mol. The van der Waals surface area contributed by atoms with E-state index < -0.39 is 5.91 Å². The molecule has 0 saturated carbocycles. The van der Waals surface area contributed by atoms with E-state index in [-0.39, 0.29) is 5.57 Å². The second-order valence-corrected chi connectivity index (χ2v) is 5.10. The van der Waals surface area contributed by atoms with Gasteiger partial charge in [0.1, 0.15) is 23.1 Å². The van der Waals surface area contributed by atoms with Gasteiger partial charge in [0, 0.05) is 17.3 Å². The molecule has 2 aromatic carbocycles. The van der Waals surface area contributed by atoms with Gasteiger partial charge >= 0.3 is 0 Å². The molecule has 0 aromatic heterocycles. The summed E-state index contributed by atoms with van der Waals surface area (Å²) in [6, 6.07) is 14.4. The lowest BCUT2D eigenvalue weighted by Crippen LogP contribution is -2.13. The van der Waals surface area contributed by atoms with Crippen LogP contribution in [-0.4, -0.2) is 20.1 Å². The van der Waals surface area contributed by atoms with Crippen LogP contribution >= 0.6 is 0 Å². The first kappa shape index (κ1) is 17.1. The van der Waals surface area contributed by atoms with Crippen LogP contribution in [-0.2, 0) is 4.79 Å². The maximum Gasteiger partial charge on any atom is 0.266 e. The van der Waals surface area contributed by atoms with Gasteiger partial charge in [0.15, 0.2) is 0 Å². The van der Waals surface area contributed by atoms with Crippen molar-refractivity contribution in [3.63, 3.8) is 0 Å². The molecular formula is C19H18N2O3. The summed E-state index contributed by atoms with van der Waals surface area (Å²) in [6.45, 7) is 1.93. The molecule has 0 spiro atoms. The minimum atomic E-state index is -0.491. The summed E-state index contributed by atoms with van der Waals surface area (Å²) in [5.41, 5.74) is 2.22. The van der Waals surface area contributed by atoms with Crippen molar-refractivity contribution in [1.29, 1.82) is 5.26 Å². The van der Waals surface area contributed by atoms with E-state index in [1.54, 1.807) is 44.6 Å². The van der Waals surface area contributed by atoms with Gasteiger partial charge in [-0.05, 0) is 37.3 Å². The van der Waals surface area contributed by atoms with Gasteiger partial charge in [-0.3, -0.25) is 4.79 Å². The number of hydrogen-bond donors (Lipinski definition) is 1. The number of anilines is 1. The Morgan fingerprint density at radius 1 is 1.17 bits per heavy atom. The third-order valence-electron chi connectivity index (χ3n) is 3.38. The predicted octanol–water partition coefficient (Wildman–Crippen LogP) is 3.56. The van der Waals surface area contributed by atoms with E-state index in [0.29, 0.717) is 22.7 Å². The Labute approximate surface area is 141 Å². The number of nitriles is 1. The van der Waals surface area contributed by atoms with Crippen molar-refractivity contribution in [3.05, 3.63) is 59.2 Å². The number of carbonyl (C=O) groups is 1. The molecule has 0 aliphatic rings. The van der Waals surface area contributed by atoms with Crippen LogP contribution in [0.15, 0.2) is 48.0 Å². The molecule has 0 fully saturated rings. The van der Waals surface area contributed by atoms with Crippen molar-refractivity contribution in [2.45, 2.75) is 6.92 Å². The monoisotopic (exact) mass is 322 g/mol. The highest BCUT2D eigenvalue weighted by Gasteiger charge is 2.11. The van der Waals surface area contributed by atoms with Crippen LogP contribution in [0.2, 0.25) is 0 Å². The van der Waals surface area contributed by atoms with Crippen LogP contribution in [0.5, 0.6) is 11.5 Å². The van der Waals surface area contributed by atoms with Crippen molar-refractivity contribution in [2.24, 2.45) is 0 Å². The van der Waals surface area contributed by atoms with Gasteiger partial charge in [0.05, 0.1) is 14.2 Å². The molecule has 0 unspecified atom stereocenters. The first-order valence-electron chi connectivity index (χ1n) is 7.29. The number of methoxy groups -OCH3 is 2. The Kier molecular flexibility index (Phi) is 5.58. The fourth-order valence-corrected chi connectivity index (χ4v) is 2.17. The minimum Gasteiger partial charge on any atom is -0.497 e. The number of nitrogens with one attached hydrogen (secondary N) is 1. The lowest BCUT2D eigenvalue weighted by molar-refractivity contribution is -0.112. The third kappa shape index (κ3) is 4.14. The smallest absolute Gasteiger partial charge is 0.266 e. The van der Waals surface area contributed by atoms with Crippen molar-refractivity contribution in [3.8, 4) is 17.6 Å². The molecule has 0 heterocycles. The number of carbonyl (C=O) groups excluding carboxylic acids is 1. The number of amides is 1. The molecule has 24 heavy (non-hydrogen) atoms. The Bertz CT molecular complexity index is 820. The molecule has 1 amide bonds. The van der Waals surface area contributed by atoms with Crippen LogP contribution in [0, 0.1) is 18.3 Å². The number of nitrogens with zero attached hydrogens (tertiary/aromatic N) is 1. The fraction of sp³-hybridized carbons (Fsp3) is 0.158. The normalized spacial score (nSPS) is 10.7. The summed E-state index contributed by atoms with van der Waals surface area (Å²) in [5.74, 6) is 0.729. The maximum atomic E-state index is 12.3. The quantitative estimate of drug-likeness (QED) is 0.675. The van der Waals surface area contributed by atoms with Crippen molar-refractivity contribution in [1.82, 2.24) is 0 Å². The van der Waals surface area contributed by atoms with E-state index in [9.17, 15) is 10.1 Å². The molecule has 0 aliphatic carbocycles. The van der Waals surface area contributed by atoms with Crippen molar-refractivity contribution >= 4 is 17.7 Å². The Balaban J connectivity index is 2.29. The standard InChI is InChI=1S/C19H18N2O3/c1-13-7-8-18(24-3)14(9-13)10-15(12-20)19(22)21-16-5-4-6-17(11-16)23-2/h4-11H,1-3H3,(H,21,22)/b15-10+. The molecule has 5 nitrogen and oxygen atoms in total. The fourth-order valence-electron chi connectivity index (χ4n) is 2.17. The summed E-state index contributed by atoms with van der Waals surface area (Å²) in [6.07, 6.45) is 1.52. The van der Waals surface area contributed by atoms with Gasteiger partial charge in [0.25, 0.3) is 5.91 Å². The molecule has 2 rings (SSSR count). The highest BCUT2D eigenvalue weighted by molar-refractivity contribution is 6.09. The zero-order chi connectivity index (χ0) is 17.5. The molecule has 0 atom stereocenters. The molecule has 0 aliphatic heterocycles. The zero-order valence-corrected chi connectivity index (χ0v) is 13.8. The van der Waals surface area contributed by atoms with Gasteiger partial charge in [-0.2, -0.15) is 5.26 Å². The first-order chi connectivity index (χ1) is 11.6. The van der Waals surface area contributed by atoms with Crippen LogP contribution in [0.1, 0.15) is 11.1 Å². The first-order valence-corrected chi connectivity index (χ1v) is 7.29. The Hall–Kier alpha value is -3.26. The van der Waals surface area contributed by atoms with E-state index in [0.717, 1.165) is 5.56 Å². The molecule has 5 heteroatoms. The van der Waals surface area contributed by atoms with E-state index in [1.807, 2.05) is 25.1 Å². The number of aryl methyl sites for hydroxylation is 1. The average molecular weight is 322 g/mol. The number of benzene rings is 2. The topological polar surface area (TPSA) is 71.3 Å². The van der Waals surface area contributed by atoms with Gasteiger partial charge in [-0.1, -0.05) is 17.7 Å². The molecular weight excluding hydrogens is 304 g/mol. The van der Waals surface area contributed by atoms with Gasteiger partial charge in [-0.15, -0.1) is 0 Å². The Morgan fingerprint density at radius 2 is 1.96 bits per heavy atom. The summed E-state index contributed by atoms with van der Waals surface area (Å²) < 4.78 is 10.4. The molecule has 1 N–H and O–H groups in total. The highest BCUT2D eigenvalue weighted by atomic mass is 16.5. The maximum absolute atomic E-state index is 12.3. The molecule has 0 bridgehead atoms. The summed E-state index contributed by atoms with van der Waals surface area (Å²) in [4.78, 5) is 12.3. The SMILES string of the molecule is COc1cccc(NC(=O)/C(C#N)=C/c2cc(C)ccc2OC)c1. The van der Waals surface area contributed by atoms with Gasteiger partial charge in [-0.25, -0.2) is 0 Å². The molecule has 122 valence electrons. The number of rotatable bonds is 5. The Morgan fingerprint density at radius 3 is 2.62 bits per heavy atom. The summed E-state index contributed by atoms with van der Waals surface area (Å²) >= 11 is 0. The zero-order valence-electron chi connectivity index (χ0n) is 13.8. The second-order valence-electron chi connectivity index (χ2n) is 5.10. The largest absolute Gasteiger partial charge is 0.497 e. The van der Waals surface area contributed by atoms with E-state index in [4.69, 9.17) is 9.47 Å². The van der Waals surface area contributed by atoms with E-state index >= 15 is 0 Å². The molecule has 0 radical (unpaired) electrons. The second kappa shape index (κ2) is 7.84. The van der Waals surface area contributed by atoms with E-state index in [2.05, 4.69) is 5.32 Å². The number of hydrogen-bond acceptors (Lipinski definition) is 4. The van der Waals surface area contributed by atoms with Crippen molar-refractivity contribution in [2.75, 3.05) is 19.5 Å². The summed E-state index contributed by atoms with van der Waals surface area (Å²) in [5, 5.41) is 12.0. The molecule has 0 saturated heterocycles. The van der Waals surface area contributed by atoms with Crippen LogP contribution in [0.25, 0.3) is 6.08 Å². The molecule has 2 aromatic rings. The van der Waals surface area contributed by atoms with Crippen LogP contribution in [0.3, 0.4) is 0 Å². The average Bonchev–Trinajstić information content (AvgIpc) is 2.59. The minimum absolute atomic E-state index is 0.0123. The number of ether oxygens (including phenoxy) is 2. The van der Waals surface area contributed by atoms with Crippen molar-refractivity contribution < 1.29 is 14.3 Å². The van der Waals surface area contributed by atoms with E-state index in [1.165, 1.54) is 6.08 Å².